The van der Waals surface area contributed by atoms with Gasteiger partial charge in [0.05, 0.1) is 19.3 Å². The molecule has 0 spiro atoms. The summed E-state index contributed by atoms with van der Waals surface area (Å²) in [5.41, 5.74) is 4.29. The minimum Gasteiger partial charge on any atom is -0.493 e. The van der Waals surface area contributed by atoms with Gasteiger partial charge < -0.3 is 19.5 Å². The Kier molecular flexibility index (Phi) is 7.27. The number of methoxy groups -OCH3 is 1. The zero-order valence-corrected chi connectivity index (χ0v) is 20.3. The molecule has 34 heavy (non-hydrogen) atoms. The van der Waals surface area contributed by atoms with Crippen LogP contribution in [0.2, 0.25) is 5.02 Å². The van der Waals surface area contributed by atoms with Gasteiger partial charge in [0.15, 0.2) is 17.3 Å². The standard InChI is InChI=1S/C27H28ClNO5/c1-4-33-27(31)24-16(2)29-20-10-7-11-21(30)26(20)25(24)17-12-13-22(23(14-17)32-3)34-15-18-8-5-6-9-19(18)28/h5-6,8-9,12-14,25,29H,4,7,10-11,15H2,1-3H3. The molecule has 0 amide bonds. The number of dihydropyridines is 1. The van der Waals surface area contributed by atoms with E-state index in [1.807, 2.05) is 43.3 Å². The maximum atomic E-state index is 13.0. The summed E-state index contributed by atoms with van der Waals surface area (Å²) in [4.78, 5) is 26.0. The second-order valence-corrected chi connectivity index (χ2v) is 8.68. The summed E-state index contributed by atoms with van der Waals surface area (Å²) >= 11 is 6.25. The molecule has 1 atom stereocenters. The lowest BCUT2D eigenvalue weighted by Gasteiger charge is -2.34. The van der Waals surface area contributed by atoms with Crippen LogP contribution in [0.5, 0.6) is 11.5 Å². The molecule has 1 aliphatic heterocycles. The molecular weight excluding hydrogens is 454 g/mol. The van der Waals surface area contributed by atoms with E-state index in [1.165, 1.54) is 0 Å². The molecule has 2 aromatic carbocycles. The Balaban J connectivity index is 1.72. The van der Waals surface area contributed by atoms with Crippen molar-refractivity contribution in [3.8, 4) is 11.5 Å². The summed E-state index contributed by atoms with van der Waals surface area (Å²) in [5.74, 6) is 0.137. The molecule has 2 aromatic rings. The fraction of sp³-hybridized carbons (Fsp3) is 0.333. The highest BCUT2D eigenvalue weighted by Gasteiger charge is 2.39. The van der Waals surface area contributed by atoms with Crippen LogP contribution in [0.1, 0.15) is 50.2 Å². The van der Waals surface area contributed by atoms with Gasteiger partial charge in [-0.3, -0.25) is 4.79 Å². The van der Waals surface area contributed by atoms with Gasteiger partial charge >= 0.3 is 5.97 Å². The van der Waals surface area contributed by atoms with Gasteiger partial charge in [0.1, 0.15) is 6.61 Å². The van der Waals surface area contributed by atoms with Gasteiger partial charge in [-0.1, -0.05) is 35.9 Å². The highest BCUT2D eigenvalue weighted by Crippen LogP contribution is 2.44. The number of hydrogen-bond donors (Lipinski definition) is 1. The van der Waals surface area contributed by atoms with E-state index in [1.54, 1.807) is 20.1 Å². The SMILES string of the molecule is CCOC(=O)C1=C(C)NC2=C(C(=O)CCC2)C1c1ccc(OCc2ccccc2Cl)c(OC)c1. The minimum atomic E-state index is -0.533. The summed E-state index contributed by atoms with van der Waals surface area (Å²) in [6, 6.07) is 13.0. The normalized spacial score (nSPS) is 17.8. The van der Waals surface area contributed by atoms with Crippen molar-refractivity contribution in [2.75, 3.05) is 13.7 Å². The van der Waals surface area contributed by atoms with Crippen LogP contribution in [0.3, 0.4) is 0 Å². The molecule has 0 saturated carbocycles. The van der Waals surface area contributed by atoms with Crippen LogP contribution in [-0.2, 0) is 20.9 Å². The van der Waals surface area contributed by atoms with Gasteiger partial charge in [0.25, 0.3) is 0 Å². The fourth-order valence-corrected chi connectivity index (χ4v) is 4.74. The molecule has 1 heterocycles. The predicted molar refractivity (Wildman–Crippen MR) is 130 cm³/mol. The Morgan fingerprint density at radius 1 is 1.15 bits per heavy atom. The third-order valence-electron chi connectivity index (χ3n) is 6.13. The fourth-order valence-electron chi connectivity index (χ4n) is 4.55. The van der Waals surface area contributed by atoms with Crippen molar-refractivity contribution >= 4 is 23.4 Å². The van der Waals surface area contributed by atoms with Gasteiger partial charge in [-0.2, -0.15) is 0 Å². The number of halogens is 1. The first-order chi connectivity index (χ1) is 16.4. The molecule has 0 fully saturated rings. The van der Waals surface area contributed by atoms with E-state index in [4.69, 9.17) is 25.8 Å². The number of nitrogens with one attached hydrogen (secondary N) is 1. The maximum Gasteiger partial charge on any atom is 0.336 e. The van der Waals surface area contributed by atoms with Crippen LogP contribution in [0.4, 0.5) is 0 Å². The highest BCUT2D eigenvalue weighted by atomic mass is 35.5. The van der Waals surface area contributed by atoms with E-state index in [0.29, 0.717) is 39.8 Å². The molecule has 0 saturated heterocycles. The second kappa shape index (κ2) is 10.3. The van der Waals surface area contributed by atoms with Crippen molar-refractivity contribution in [2.45, 2.75) is 45.6 Å². The van der Waals surface area contributed by atoms with Crippen LogP contribution in [-0.4, -0.2) is 25.5 Å². The zero-order valence-electron chi connectivity index (χ0n) is 19.6. The smallest absolute Gasteiger partial charge is 0.336 e. The number of rotatable bonds is 7. The van der Waals surface area contributed by atoms with Gasteiger partial charge in [0.2, 0.25) is 0 Å². The molecule has 1 unspecified atom stereocenters. The molecule has 0 bridgehead atoms. The molecule has 178 valence electrons. The predicted octanol–water partition coefficient (Wildman–Crippen LogP) is 5.46. The summed E-state index contributed by atoms with van der Waals surface area (Å²) in [7, 11) is 1.56. The van der Waals surface area contributed by atoms with Gasteiger partial charge in [-0.25, -0.2) is 4.79 Å². The Bertz CT molecular complexity index is 1180. The number of Topliss-reactive ketones (excluding diaryl/α,β-unsaturated/α-hetero) is 1. The third kappa shape index (κ3) is 4.68. The number of benzene rings is 2. The summed E-state index contributed by atoms with van der Waals surface area (Å²) in [6.07, 6.45) is 2.01. The van der Waals surface area contributed by atoms with Crippen LogP contribution < -0.4 is 14.8 Å². The van der Waals surface area contributed by atoms with Crippen molar-refractivity contribution in [1.82, 2.24) is 5.32 Å². The van der Waals surface area contributed by atoms with Crippen molar-refractivity contribution in [3.63, 3.8) is 0 Å². The molecule has 4 rings (SSSR count). The second-order valence-electron chi connectivity index (χ2n) is 8.28. The van der Waals surface area contributed by atoms with Crippen LogP contribution in [0.25, 0.3) is 0 Å². The molecule has 2 aliphatic rings. The molecule has 6 nitrogen and oxygen atoms in total. The van der Waals surface area contributed by atoms with E-state index in [-0.39, 0.29) is 19.0 Å². The summed E-state index contributed by atoms with van der Waals surface area (Å²) in [6.45, 7) is 4.15. The van der Waals surface area contributed by atoms with Crippen LogP contribution in [0, 0.1) is 0 Å². The van der Waals surface area contributed by atoms with E-state index >= 15 is 0 Å². The first-order valence-electron chi connectivity index (χ1n) is 11.4. The van der Waals surface area contributed by atoms with Gasteiger partial charge in [0, 0.05) is 39.9 Å². The molecular formula is C27H28ClNO5. The van der Waals surface area contributed by atoms with Crippen molar-refractivity contribution in [3.05, 3.63) is 81.2 Å². The molecule has 0 aromatic heterocycles. The highest BCUT2D eigenvalue weighted by molar-refractivity contribution is 6.31. The van der Waals surface area contributed by atoms with Gasteiger partial charge in [-0.15, -0.1) is 0 Å². The van der Waals surface area contributed by atoms with Crippen LogP contribution >= 0.6 is 11.6 Å². The summed E-state index contributed by atoms with van der Waals surface area (Å²) in [5, 5.41) is 3.92. The zero-order chi connectivity index (χ0) is 24.2. The average Bonchev–Trinajstić information content (AvgIpc) is 2.83. The minimum absolute atomic E-state index is 0.0473. The molecule has 1 N–H and O–H groups in total. The topological polar surface area (TPSA) is 73.9 Å². The first kappa shape index (κ1) is 23.9. The number of hydrogen-bond acceptors (Lipinski definition) is 6. The van der Waals surface area contributed by atoms with E-state index < -0.39 is 11.9 Å². The van der Waals surface area contributed by atoms with E-state index in [0.717, 1.165) is 29.7 Å². The third-order valence-corrected chi connectivity index (χ3v) is 6.50. The van der Waals surface area contributed by atoms with Crippen molar-refractivity contribution < 1.29 is 23.8 Å². The van der Waals surface area contributed by atoms with Crippen molar-refractivity contribution in [1.29, 1.82) is 0 Å². The lowest BCUT2D eigenvalue weighted by atomic mass is 9.75. The molecule has 1 aliphatic carbocycles. The number of ether oxygens (including phenoxy) is 3. The molecule has 7 heteroatoms. The summed E-state index contributed by atoms with van der Waals surface area (Å²) < 4.78 is 17.0. The molecule has 0 radical (unpaired) electrons. The largest absolute Gasteiger partial charge is 0.493 e. The number of carbonyl (C=O) groups is 2. The monoisotopic (exact) mass is 481 g/mol. The Morgan fingerprint density at radius 3 is 2.68 bits per heavy atom. The van der Waals surface area contributed by atoms with E-state index in [2.05, 4.69) is 5.32 Å². The first-order valence-corrected chi connectivity index (χ1v) is 11.8. The number of carbonyl (C=O) groups excluding carboxylic acids is 2. The maximum absolute atomic E-state index is 13.0. The Hall–Kier alpha value is -3.25. The quantitative estimate of drug-likeness (QED) is 0.529. The Morgan fingerprint density at radius 2 is 1.94 bits per heavy atom. The number of ketones is 1. The van der Waals surface area contributed by atoms with Crippen molar-refractivity contribution in [2.24, 2.45) is 0 Å². The lowest BCUT2D eigenvalue weighted by Crippen LogP contribution is -2.34. The van der Waals surface area contributed by atoms with E-state index in [9.17, 15) is 9.59 Å². The number of allylic oxidation sites excluding steroid dienone is 3. The Labute approximate surface area is 204 Å². The van der Waals surface area contributed by atoms with Gasteiger partial charge in [-0.05, 0) is 50.5 Å². The average molecular weight is 482 g/mol. The van der Waals surface area contributed by atoms with Crippen LogP contribution in [0.15, 0.2) is 65.0 Å². The number of esters is 1. The lowest BCUT2D eigenvalue weighted by molar-refractivity contribution is -0.138.